The lowest BCUT2D eigenvalue weighted by molar-refractivity contribution is -0.137. The largest absolute Gasteiger partial charge is 0.462 e. The van der Waals surface area contributed by atoms with Crippen LogP contribution in [-0.2, 0) is 22.1 Å². The van der Waals surface area contributed by atoms with E-state index in [-0.39, 0.29) is 18.2 Å². The van der Waals surface area contributed by atoms with Gasteiger partial charge in [0.2, 0.25) is 5.91 Å². The zero-order valence-corrected chi connectivity index (χ0v) is 14.3. The van der Waals surface area contributed by atoms with Crippen LogP contribution in [0, 0.1) is 6.92 Å². The van der Waals surface area contributed by atoms with E-state index in [0.717, 1.165) is 23.5 Å². The number of rotatable bonds is 5. The molecule has 0 aliphatic rings. The Hall–Kier alpha value is -2.42. The molecule has 0 radical (unpaired) electrons. The van der Waals surface area contributed by atoms with Crippen molar-refractivity contribution < 1.29 is 27.5 Å². The maximum atomic E-state index is 12.5. The van der Waals surface area contributed by atoms with Crippen molar-refractivity contribution in [2.24, 2.45) is 0 Å². The van der Waals surface area contributed by atoms with Gasteiger partial charge in [-0.2, -0.15) is 13.2 Å². The minimum atomic E-state index is -4.41. The van der Waals surface area contributed by atoms with Crippen LogP contribution in [0.5, 0.6) is 0 Å². The van der Waals surface area contributed by atoms with Gasteiger partial charge in [0.25, 0.3) is 0 Å². The first kappa shape index (κ1) is 18.9. The fourth-order valence-electron chi connectivity index (χ4n) is 2.00. The van der Waals surface area contributed by atoms with Crippen LogP contribution < -0.4 is 5.32 Å². The first-order valence-corrected chi connectivity index (χ1v) is 8.13. The Morgan fingerprint density at radius 1 is 1.24 bits per heavy atom. The number of aromatic nitrogens is 1. The van der Waals surface area contributed by atoms with E-state index in [0.29, 0.717) is 16.1 Å². The summed E-state index contributed by atoms with van der Waals surface area (Å²) in [5, 5.41) is 2.77. The van der Waals surface area contributed by atoms with E-state index in [1.165, 1.54) is 12.1 Å². The van der Waals surface area contributed by atoms with E-state index in [1.54, 1.807) is 13.8 Å². The number of halogens is 3. The number of amides is 1. The fourth-order valence-corrected chi connectivity index (χ4v) is 2.87. The molecular formula is C16H15F3N2O3S. The summed E-state index contributed by atoms with van der Waals surface area (Å²) >= 11 is 0.986. The molecule has 134 valence electrons. The number of benzene rings is 1. The predicted octanol–water partition coefficient (Wildman–Crippen LogP) is 3.83. The van der Waals surface area contributed by atoms with Gasteiger partial charge in [0.15, 0.2) is 5.13 Å². The van der Waals surface area contributed by atoms with Crippen LogP contribution in [-0.4, -0.2) is 23.5 Å². The van der Waals surface area contributed by atoms with Crippen molar-refractivity contribution >= 4 is 28.3 Å². The van der Waals surface area contributed by atoms with Crippen LogP contribution in [0.4, 0.5) is 18.3 Å². The minimum Gasteiger partial charge on any atom is -0.462 e. The third kappa shape index (κ3) is 5.02. The second-order valence-corrected chi connectivity index (χ2v) is 6.07. The summed E-state index contributed by atoms with van der Waals surface area (Å²) in [6.07, 6.45) is -4.52. The van der Waals surface area contributed by atoms with Crippen LogP contribution in [0.25, 0.3) is 0 Å². The van der Waals surface area contributed by atoms with Gasteiger partial charge in [-0.05, 0) is 31.5 Å². The van der Waals surface area contributed by atoms with Gasteiger partial charge in [0.1, 0.15) is 4.88 Å². The van der Waals surface area contributed by atoms with Crippen LogP contribution in [0.15, 0.2) is 24.3 Å². The molecule has 1 aromatic carbocycles. The number of anilines is 1. The Morgan fingerprint density at radius 3 is 2.44 bits per heavy atom. The average Bonchev–Trinajstić information content (AvgIpc) is 2.87. The summed E-state index contributed by atoms with van der Waals surface area (Å²) in [6.45, 7) is 3.53. The highest BCUT2D eigenvalue weighted by molar-refractivity contribution is 7.17. The zero-order valence-electron chi connectivity index (χ0n) is 13.4. The van der Waals surface area contributed by atoms with Gasteiger partial charge in [0, 0.05) is 0 Å². The number of thiazole rings is 1. The van der Waals surface area contributed by atoms with Gasteiger partial charge in [-0.1, -0.05) is 23.5 Å². The number of esters is 1. The van der Waals surface area contributed by atoms with Crippen molar-refractivity contribution in [3.8, 4) is 0 Å². The first-order chi connectivity index (χ1) is 11.7. The van der Waals surface area contributed by atoms with E-state index in [2.05, 4.69) is 10.3 Å². The quantitative estimate of drug-likeness (QED) is 0.810. The second-order valence-electron chi connectivity index (χ2n) is 5.07. The van der Waals surface area contributed by atoms with Crippen molar-refractivity contribution in [1.82, 2.24) is 4.98 Å². The molecule has 1 N–H and O–H groups in total. The molecule has 0 aliphatic carbocycles. The molecule has 0 spiro atoms. The average molecular weight is 372 g/mol. The Kier molecular flexibility index (Phi) is 5.78. The molecule has 1 heterocycles. The highest BCUT2D eigenvalue weighted by Gasteiger charge is 2.30. The van der Waals surface area contributed by atoms with Crippen LogP contribution in [0.2, 0.25) is 0 Å². The van der Waals surface area contributed by atoms with Crippen molar-refractivity contribution in [1.29, 1.82) is 0 Å². The van der Waals surface area contributed by atoms with E-state index in [1.807, 2.05) is 0 Å². The number of nitrogens with one attached hydrogen (secondary N) is 1. The SMILES string of the molecule is CCOC(=O)c1sc(NC(=O)Cc2ccc(C(F)(F)F)cc2)nc1C. The molecular weight excluding hydrogens is 357 g/mol. The molecule has 0 saturated carbocycles. The molecule has 0 saturated heterocycles. The number of nitrogens with zero attached hydrogens (tertiary/aromatic N) is 1. The van der Waals surface area contributed by atoms with Crippen molar-refractivity contribution in [3.05, 3.63) is 46.0 Å². The minimum absolute atomic E-state index is 0.106. The smallest absolute Gasteiger partial charge is 0.416 e. The standard InChI is InChI=1S/C16H15F3N2O3S/c1-3-24-14(23)13-9(2)20-15(25-13)21-12(22)8-10-4-6-11(7-5-10)16(17,18)19/h4-7H,3,8H2,1-2H3,(H,20,21,22). The highest BCUT2D eigenvalue weighted by atomic mass is 32.1. The molecule has 1 aromatic heterocycles. The lowest BCUT2D eigenvalue weighted by atomic mass is 10.1. The number of ether oxygens (including phenoxy) is 1. The number of alkyl halides is 3. The molecule has 0 aliphatic heterocycles. The lowest BCUT2D eigenvalue weighted by Crippen LogP contribution is -2.14. The van der Waals surface area contributed by atoms with Crippen molar-refractivity contribution in [2.45, 2.75) is 26.4 Å². The number of carbonyl (C=O) groups is 2. The summed E-state index contributed by atoms with van der Waals surface area (Å²) in [6, 6.07) is 4.35. The third-order valence-corrected chi connectivity index (χ3v) is 4.20. The monoisotopic (exact) mass is 372 g/mol. The Balaban J connectivity index is 2.01. The normalized spacial score (nSPS) is 11.2. The van der Waals surface area contributed by atoms with Crippen LogP contribution >= 0.6 is 11.3 Å². The summed E-state index contributed by atoms with van der Waals surface area (Å²) in [5.41, 5.74) is 0.101. The fraction of sp³-hybridized carbons (Fsp3) is 0.312. The molecule has 2 rings (SSSR count). The van der Waals surface area contributed by atoms with Gasteiger partial charge in [0.05, 0.1) is 24.3 Å². The van der Waals surface area contributed by atoms with Gasteiger partial charge in [-0.25, -0.2) is 9.78 Å². The van der Waals surface area contributed by atoms with E-state index < -0.39 is 23.6 Å². The Bertz CT molecular complexity index is 770. The third-order valence-electron chi connectivity index (χ3n) is 3.15. The number of hydrogen-bond donors (Lipinski definition) is 1. The van der Waals surface area contributed by atoms with Crippen molar-refractivity contribution in [2.75, 3.05) is 11.9 Å². The van der Waals surface area contributed by atoms with E-state index >= 15 is 0 Å². The van der Waals surface area contributed by atoms with Gasteiger partial charge in [-0.15, -0.1) is 0 Å². The predicted molar refractivity (Wildman–Crippen MR) is 86.6 cm³/mol. The molecule has 0 fully saturated rings. The summed E-state index contributed by atoms with van der Waals surface area (Å²) in [5.74, 6) is -0.954. The van der Waals surface area contributed by atoms with Gasteiger partial charge >= 0.3 is 12.1 Å². The second kappa shape index (κ2) is 7.64. The molecule has 1 amide bonds. The maximum Gasteiger partial charge on any atom is 0.416 e. The topological polar surface area (TPSA) is 68.3 Å². The molecule has 0 bridgehead atoms. The zero-order chi connectivity index (χ0) is 18.6. The van der Waals surface area contributed by atoms with Crippen LogP contribution in [0.3, 0.4) is 0 Å². The van der Waals surface area contributed by atoms with E-state index in [9.17, 15) is 22.8 Å². The molecule has 2 aromatic rings. The first-order valence-electron chi connectivity index (χ1n) is 7.31. The van der Waals surface area contributed by atoms with E-state index in [4.69, 9.17) is 4.74 Å². The maximum absolute atomic E-state index is 12.5. The number of carbonyl (C=O) groups excluding carboxylic acids is 2. The summed E-state index contributed by atoms with van der Waals surface area (Å²) in [7, 11) is 0. The van der Waals surface area contributed by atoms with Crippen molar-refractivity contribution in [3.63, 3.8) is 0 Å². The molecule has 9 heteroatoms. The molecule has 5 nitrogen and oxygen atoms in total. The lowest BCUT2D eigenvalue weighted by Gasteiger charge is -2.07. The Labute approximate surface area is 145 Å². The molecule has 25 heavy (non-hydrogen) atoms. The summed E-state index contributed by atoms with van der Waals surface area (Å²) in [4.78, 5) is 28.1. The number of hydrogen-bond acceptors (Lipinski definition) is 5. The number of aryl methyl sites for hydroxylation is 1. The molecule has 0 atom stereocenters. The van der Waals surface area contributed by atoms with Gasteiger partial charge < -0.3 is 10.1 Å². The summed E-state index contributed by atoms with van der Waals surface area (Å²) < 4.78 is 42.4. The Morgan fingerprint density at radius 2 is 1.88 bits per heavy atom. The highest BCUT2D eigenvalue weighted by Crippen LogP contribution is 2.29. The van der Waals surface area contributed by atoms with Crippen LogP contribution in [0.1, 0.15) is 33.4 Å². The van der Waals surface area contributed by atoms with Gasteiger partial charge in [-0.3, -0.25) is 4.79 Å². The molecule has 0 unspecified atom stereocenters.